The molecule has 1 aromatic carbocycles. The van der Waals surface area contributed by atoms with Crippen molar-refractivity contribution in [3.8, 4) is 0 Å². The van der Waals surface area contributed by atoms with Crippen LogP contribution < -0.4 is 5.32 Å². The molecule has 0 aliphatic heterocycles. The predicted molar refractivity (Wildman–Crippen MR) is 74.0 cm³/mol. The van der Waals surface area contributed by atoms with Crippen LogP contribution in [0.15, 0.2) is 24.3 Å². The van der Waals surface area contributed by atoms with Crippen molar-refractivity contribution >= 4 is 0 Å². The first-order valence-electron chi connectivity index (χ1n) is 7.21. The van der Waals surface area contributed by atoms with Gasteiger partial charge in [0.1, 0.15) is 5.82 Å². The van der Waals surface area contributed by atoms with Gasteiger partial charge in [-0.2, -0.15) is 0 Å². The predicted octanol–water partition coefficient (Wildman–Crippen LogP) is 4.45. The fraction of sp³-hybridized carbons (Fsp3) is 0.625. The standard InChI is InChI=1S/C16H24FN/c1-3-13-8-10-14(11-9-13)18-12(2)15-6-4-5-7-16(15)17/h4-7,12-14,18H,3,8-11H2,1-2H3/t12?,13-,14-. The summed E-state index contributed by atoms with van der Waals surface area (Å²) >= 11 is 0. The van der Waals surface area contributed by atoms with Gasteiger partial charge in [0.2, 0.25) is 0 Å². The van der Waals surface area contributed by atoms with Crippen molar-refractivity contribution in [2.45, 2.75) is 58.0 Å². The highest BCUT2D eigenvalue weighted by molar-refractivity contribution is 5.20. The Morgan fingerprint density at radius 3 is 2.50 bits per heavy atom. The molecule has 0 aromatic heterocycles. The van der Waals surface area contributed by atoms with Crippen LogP contribution in [-0.2, 0) is 0 Å². The minimum absolute atomic E-state index is 0.0975. The van der Waals surface area contributed by atoms with Gasteiger partial charge < -0.3 is 5.32 Å². The number of halogens is 1. The first kappa shape index (κ1) is 13.5. The van der Waals surface area contributed by atoms with Crippen molar-refractivity contribution in [3.63, 3.8) is 0 Å². The van der Waals surface area contributed by atoms with Crippen LogP contribution in [0.3, 0.4) is 0 Å². The van der Waals surface area contributed by atoms with Gasteiger partial charge in [-0.05, 0) is 44.6 Å². The van der Waals surface area contributed by atoms with Crippen molar-refractivity contribution < 1.29 is 4.39 Å². The van der Waals surface area contributed by atoms with E-state index in [2.05, 4.69) is 19.2 Å². The quantitative estimate of drug-likeness (QED) is 0.831. The van der Waals surface area contributed by atoms with E-state index >= 15 is 0 Å². The van der Waals surface area contributed by atoms with E-state index in [1.165, 1.54) is 32.1 Å². The Balaban J connectivity index is 1.89. The molecule has 1 aromatic rings. The summed E-state index contributed by atoms with van der Waals surface area (Å²) in [7, 11) is 0. The van der Waals surface area contributed by atoms with Crippen molar-refractivity contribution in [1.29, 1.82) is 0 Å². The van der Waals surface area contributed by atoms with E-state index in [4.69, 9.17) is 0 Å². The summed E-state index contributed by atoms with van der Waals surface area (Å²) < 4.78 is 13.7. The van der Waals surface area contributed by atoms with Gasteiger partial charge in [-0.3, -0.25) is 0 Å². The van der Waals surface area contributed by atoms with Crippen LogP contribution in [0.4, 0.5) is 4.39 Å². The molecule has 18 heavy (non-hydrogen) atoms. The van der Waals surface area contributed by atoms with Crippen molar-refractivity contribution in [1.82, 2.24) is 5.32 Å². The van der Waals surface area contributed by atoms with Gasteiger partial charge in [-0.25, -0.2) is 4.39 Å². The van der Waals surface area contributed by atoms with Crippen LogP contribution in [0.5, 0.6) is 0 Å². The summed E-state index contributed by atoms with van der Waals surface area (Å²) in [6.07, 6.45) is 6.40. The summed E-state index contributed by atoms with van der Waals surface area (Å²) in [5.74, 6) is 0.812. The maximum absolute atomic E-state index is 13.7. The Morgan fingerprint density at radius 1 is 1.22 bits per heavy atom. The third-order valence-electron chi connectivity index (χ3n) is 4.28. The second kappa shape index (κ2) is 6.33. The average Bonchev–Trinajstić information content (AvgIpc) is 2.40. The Kier molecular flexibility index (Phi) is 4.76. The molecule has 0 bridgehead atoms. The molecule has 0 spiro atoms. The molecule has 1 saturated carbocycles. The molecule has 2 heteroatoms. The van der Waals surface area contributed by atoms with Crippen molar-refractivity contribution in [2.24, 2.45) is 5.92 Å². The molecule has 0 radical (unpaired) electrons. The molecule has 2 rings (SSSR count). The van der Waals surface area contributed by atoms with Gasteiger partial charge in [0, 0.05) is 17.6 Å². The summed E-state index contributed by atoms with van der Waals surface area (Å²) in [6, 6.07) is 7.74. The lowest BCUT2D eigenvalue weighted by atomic mass is 9.84. The molecule has 1 N–H and O–H groups in total. The Labute approximate surface area is 110 Å². The largest absolute Gasteiger partial charge is 0.307 e. The lowest BCUT2D eigenvalue weighted by Crippen LogP contribution is -2.35. The molecule has 1 atom stereocenters. The number of hydrogen-bond acceptors (Lipinski definition) is 1. The molecule has 1 aliphatic carbocycles. The smallest absolute Gasteiger partial charge is 0.127 e. The molecule has 1 aliphatic rings. The third-order valence-corrected chi connectivity index (χ3v) is 4.28. The molecule has 1 nitrogen and oxygen atoms in total. The minimum Gasteiger partial charge on any atom is -0.307 e. The zero-order chi connectivity index (χ0) is 13.0. The molecule has 100 valence electrons. The van der Waals surface area contributed by atoms with Gasteiger partial charge >= 0.3 is 0 Å². The number of hydrogen-bond donors (Lipinski definition) is 1. The molecule has 1 fully saturated rings. The van der Waals surface area contributed by atoms with Crippen LogP contribution in [0.25, 0.3) is 0 Å². The lowest BCUT2D eigenvalue weighted by molar-refractivity contribution is 0.272. The van der Waals surface area contributed by atoms with Crippen LogP contribution in [0.2, 0.25) is 0 Å². The monoisotopic (exact) mass is 249 g/mol. The second-order valence-electron chi connectivity index (χ2n) is 5.54. The first-order valence-corrected chi connectivity index (χ1v) is 7.21. The van der Waals surface area contributed by atoms with Crippen molar-refractivity contribution in [3.05, 3.63) is 35.6 Å². The van der Waals surface area contributed by atoms with Crippen LogP contribution in [0.1, 0.15) is 57.6 Å². The van der Waals surface area contributed by atoms with E-state index in [0.717, 1.165) is 11.5 Å². The Hall–Kier alpha value is -0.890. The highest BCUT2D eigenvalue weighted by atomic mass is 19.1. The number of benzene rings is 1. The normalized spacial score (nSPS) is 25.9. The number of rotatable bonds is 4. The summed E-state index contributed by atoms with van der Waals surface area (Å²) in [4.78, 5) is 0. The molecule has 0 saturated heterocycles. The van der Waals surface area contributed by atoms with E-state index in [1.54, 1.807) is 12.1 Å². The zero-order valence-electron chi connectivity index (χ0n) is 11.5. The highest BCUT2D eigenvalue weighted by Gasteiger charge is 2.22. The van der Waals surface area contributed by atoms with Crippen molar-refractivity contribution in [2.75, 3.05) is 0 Å². The van der Waals surface area contributed by atoms with Gasteiger partial charge in [0.15, 0.2) is 0 Å². The number of nitrogens with one attached hydrogen (secondary N) is 1. The topological polar surface area (TPSA) is 12.0 Å². The molecular formula is C16H24FN. The lowest BCUT2D eigenvalue weighted by Gasteiger charge is -2.31. The van der Waals surface area contributed by atoms with Gasteiger partial charge in [0.05, 0.1) is 0 Å². The highest BCUT2D eigenvalue weighted by Crippen LogP contribution is 2.28. The molecular weight excluding hydrogens is 225 g/mol. The Bertz CT molecular complexity index is 369. The summed E-state index contributed by atoms with van der Waals surface area (Å²) in [5.41, 5.74) is 0.787. The fourth-order valence-electron chi connectivity index (χ4n) is 3.01. The zero-order valence-corrected chi connectivity index (χ0v) is 11.5. The minimum atomic E-state index is -0.0975. The second-order valence-corrected chi connectivity index (χ2v) is 5.54. The third kappa shape index (κ3) is 3.32. The molecule has 0 heterocycles. The van der Waals surface area contributed by atoms with E-state index in [1.807, 2.05) is 12.1 Å². The van der Waals surface area contributed by atoms with Crippen LogP contribution in [0, 0.1) is 11.7 Å². The van der Waals surface area contributed by atoms with E-state index in [-0.39, 0.29) is 11.9 Å². The van der Waals surface area contributed by atoms with Crippen LogP contribution >= 0.6 is 0 Å². The Morgan fingerprint density at radius 2 is 1.89 bits per heavy atom. The van der Waals surface area contributed by atoms with Gasteiger partial charge in [0.25, 0.3) is 0 Å². The van der Waals surface area contributed by atoms with Gasteiger partial charge in [-0.15, -0.1) is 0 Å². The molecule has 0 amide bonds. The van der Waals surface area contributed by atoms with E-state index in [9.17, 15) is 4.39 Å². The van der Waals surface area contributed by atoms with Gasteiger partial charge in [-0.1, -0.05) is 31.5 Å². The summed E-state index contributed by atoms with van der Waals surface area (Å²) in [5, 5.41) is 3.58. The SMILES string of the molecule is CC[C@H]1CC[C@H](NC(C)c2ccccc2F)CC1. The molecule has 1 unspecified atom stereocenters. The average molecular weight is 249 g/mol. The fourth-order valence-corrected chi connectivity index (χ4v) is 3.01. The van der Waals surface area contributed by atoms with E-state index in [0.29, 0.717) is 6.04 Å². The summed E-state index contributed by atoms with van der Waals surface area (Å²) in [6.45, 7) is 4.34. The first-order chi connectivity index (χ1) is 8.70. The van der Waals surface area contributed by atoms with E-state index < -0.39 is 0 Å². The maximum Gasteiger partial charge on any atom is 0.127 e. The van der Waals surface area contributed by atoms with Crippen LogP contribution in [-0.4, -0.2) is 6.04 Å². The maximum atomic E-state index is 13.7.